The van der Waals surface area contributed by atoms with Gasteiger partial charge >= 0.3 is 73.7 Å². The van der Waals surface area contributed by atoms with Gasteiger partial charge in [0.05, 0.1) is 0 Å². The molecule has 0 rings (SSSR count). The zero-order chi connectivity index (χ0) is 3.58. The van der Waals surface area contributed by atoms with Crippen LogP contribution >= 0.6 is 0 Å². The molecule has 0 aliphatic rings. The van der Waals surface area contributed by atoms with Crippen molar-refractivity contribution in [3.05, 3.63) is 0 Å². The second-order valence-corrected chi connectivity index (χ2v) is 0.346. The van der Waals surface area contributed by atoms with E-state index in [-0.39, 0.29) is 77.3 Å². The average molecular weight is 210 g/mol. The first-order chi connectivity index (χ1) is 1.73. The summed E-state index contributed by atoms with van der Waals surface area (Å²) in [4.78, 5) is 0. The van der Waals surface area contributed by atoms with Crippen molar-refractivity contribution in [2.45, 2.75) is 0 Å². The third kappa shape index (κ3) is 158. The number of hydrogen-bond donors (Lipinski definition) is 3. The Hall–Kier alpha value is 2.02. The molecule has 0 aromatic carbocycles. The maximum atomic E-state index is 7.17. The quantitative estimate of drug-likeness (QED) is 0.345. The van der Waals surface area contributed by atoms with Gasteiger partial charge in [0.15, 0.2) is 0 Å². The van der Waals surface area contributed by atoms with Crippen LogP contribution in [-0.4, -0.2) is 45.2 Å². The van der Waals surface area contributed by atoms with E-state index in [1.165, 1.54) is 0 Å². The van der Waals surface area contributed by atoms with Gasteiger partial charge in [-0.2, -0.15) is 0 Å². The molecule has 0 saturated heterocycles. The van der Waals surface area contributed by atoms with Gasteiger partial charge in [-0.15, -0.1) is 0 Å². The Balaban J connectivity index is -0.00000000450. The van der Waals surface area contributed by atoms with Gasteiger partial charge in [-0.3, -0.25) is 0 Å². The van der Waals surface area contributed by atoms with Gasteiger partial charge in [0.2, 0.25) is 0 Å². The standard InChI is InChI=1S/Al.BH3O3.Na.H2O.O.Zn/c;2-1(3)4;;;;/h;2-4H;;1H2;;/q+3;;+1;;-2;+2/p-1. The van der Waals surface area contributed by atoms with E-state index in [1.54, 1.807) is 0 Å². The van der Waals surface area contributed by atoms with Crippen LogP contribution in [0.15, 0.2) is 0 Å². The van der Waals surface area contributed by atoms with Crippen molar-refractivity contribution < 1.29 is 75.1 Å². The van der Waals surface area contributed by atoms with E-state index in [1.807, 2.05) is 0 Å². The SMILES string of the molecule is OB(O)O.[Al+3].[Na+].[O-2].[OH-].[Zn+2]. The van der Waals surface area contributed by atoms with Crippen molar-refractivity contribution in [3.8, 4) is 0 Å². The van der Waals surface area contributed by atoms with E-state index >= 15 is 0 Å². The molecule has 9 heteroatoms. The molecule has 0 aliphatic heterocycles. The molecule has 0 fully saturated rings. The summed E-state index contributed by atoms with van der Waals surface area (Å²) in [5.41, 5.74) is 0. The van der Waals surface area contributed by atoms with Crippen molar-refractivity contribution in [2.24, 2.45) is 0 Å². The normalized spacial score (nSPS) is 3.00. The first-order valence-corrected chi connectivity index (χ1v) is 0.775. The van der Waals surface area contributed by atoms with Gasteiger partial charge < -0.3 is 26.0 Å². The van der Waals surface area contributed by atoms with E-state index in [9.17, 15) is 0 Å². The minimum Gasteiger partial charge on any atom is -2.00 e. The van der Waals surface area contributed by atoms with Crippen molar-refractivity contribution >= 4 is 24.7 Å². The van der Waals surface area contributed by atoms with Crippen LogP contribution in [0.2, 0.25) is 0 Å². The van der Waals surface area contributed by atoms with Gasteiger partial charge in [-0.05, 0) is 0 Å². The predicted octanol–water partition coefficient (Wildman–Crippen LogP) is -5.73. The van der Waals surface area contributed by atoms with Crippen LogP contribution < -0.4 is 29.6 Å². The summed E-state index contributed by atoms with van der Waals surface area (Å²) in [7, 11) is -2.17. The predicted molar refractivity (Wildman–Crippen MR) is 20.8 cm³/mol. The molecule has 0 heterocycles. The Bertz CT molecular complexity index is 21.7. The summed E-state index contributed by atoms with van der Waals surface area (Å²) >= 11 is 0. The van der Waals surface area contributed by atoms with Gasteiger partial charge in [-0.25, -0.2) is 0 Å². The Morgan fingerprint density at radius 1 is 1.00 bits per heavy atom. The molecule has 0 aliphatic carbocycles. The summed E-state index contributed by atoms with van der Waals surface area (Å²) in [6, 6.07) is 0. The molecule has 0 saturated carbocycles. The molecule has 0 amide bonds. The molecule has 0 bridgehead atoms. The van der Waals surface area contributed by atoms with Crippen LogP contribution in [0.1, 0.15) is 0 Å². The summed E-state index contributed by atoms with van der Waals surface area (Å²) in [5, 5.41) is 21.5. The van der Waals surface area contributed by atoms with Gasteiger partial charge in [0.25, 0.3) is 0 Å². The average Bonchev–Trinajstić information content (AvgIpc) is 0.811. The third-order valence-corrected chi connectivity index (χ3v) is 0. The van der Waals surface area contributed by atoms with Crippen LogP contribution in [-0.2, 0) is 25.0 Å². The Morgan fingerprint density at radius 2 is 1.00 bits per heavy atom. The Kier molecular flexibility index (Phi) is 158. The minimum absolute atomic E-state index is 0. The molecule has 40 valence electrons. The maximum Gasteiger partial charge on any atom is 3.00 e. The van der Waals surface area contributed by atoms with Crippen LogP contribution in [0.25, 0.3) is 0 Å². The van der Waals surface area contributed by atoms with Crippen molar-refractivity contribution in [3.63, 3.8) is 0 Å². The molecule has 4 N–H and O–H groups in total. The van der Waals surface area contributed by atoms with Crippen LogP contribution in [0.5, 0.6) is 0 Å². The maximum absolute atomic E-state index is 7.17. The third-order valence-electron chi connectivity index (χ3n) is 0. The van der Waals surface area contributed by atoms with E-state index in [4.69, 9.17) is 15.1 Å². The fourth-order valence-corrected chi connectivity index (χ4v) is 0. The molecule has 0 radical (unpaired) electrons. The summed E-state index contributed by atoms with van der Waals surface area (Å²) in [6.07, 6.45) is 0. The van der Waals surface area contributed by atoms with Crippen molar-refractivity contribution in [2.75, 3.05) is 0 Å². The van der Waals surface area contributed by atoms with E-state index < -0.39 is 7.32 Å². The monoisotopic (exact) mass is 209 g/mol. The van der Waals surface area contributed by atoms with Gasteiger partial charge in [0.1, 0.15) is 0 Å². The second kappa shape index (κ2) is 32.3. The van der Waals surface area contributed by atoms with E-state index in [0.717, 1.165) is 0 Å². The van der Waals surface area contributed by atoms with Crippen LogP contribution in [0, 0.1) is 0 Å². The van der Waals surface area contributed by atoms with Crippen molar-refractivity contribution in [1.82, 2.24) is 0 Å². The molecule has 9 heavy (non-hydrogen) atoms. The molecule has 0 spiro atoms. The zero-order valence-corrected chi connectivity index (χ0v) is 11.2. The van der Waals surface area contributed by atoms with Crippen LogP contribution in [0.4, 0.5) is 0 Å². The largest absolute Gasteiger partial charge is 3.00 e. The first-order valence-electron chi connectivity index (χ1n) is 0.775. The van der Waals surface area contributed by atoms with Crippen molar-refractivity contribution in [1.29, 1.82) is 0 Å². The molecule has 0 aromatic heterocycles. The smallest absolute Gasteiger partial charge is 2.00 e. The molecule has 0 atom stereocenters. The molecule has 0 aromatic rings. The Morgan fingerprint density at radius 3 is 1.00 bits per heavy atom. The summed E-state index contributed by atoms with van der Waals surface area (Å²) in [5.74, 6) is 0. The minimum atomic E-state index is -2.17. The molecular formula is H4AlBNaO5Zn+3. The van der Waals surface area contributed by atoms with E-state index in [2.05, 4.69) is 0 Å². The Labute approximate surface area is 98.8 Å². The topological polar surface area (TPSA) is 119 Å². The van der Waals surface area contributed by atoms with E-state index in [0.29, 0.717) is 0 Å². The summed E-state index contributed by atoms with van der Waals surface area (Å²) < 4.78 is 0. The fraction of sp³-hybridized carbons (Fsp3) is 0. The number of hydrogen-bond acceptors (Lipinski definition) is 4. The zero-order valence-electron chi connectivity index (χ0n) is 5.06. The molecule has 5 nitrogen and oxygen atoms in total. The fourth-order valence-electron chi connectivity index (χ4n) is 0. The molecular weight excluding hydrogens is 206 g/mol. The molecule has 0 unspecified atom stereocenters. The first kappa shape index (κ1) is 43.9. The van der Waals surface area contributed by atoms with Gasteiger partial charge in [-0.1, -0.05) is 0 Å². The number of rotatable bonds is 0. The van der Waals surface area contributed by atoms with Crippen LogP contribution in [0.3, 0.4) is 0 Å². The van der Waals surface area contributed by atoms with Gasteiger partial charge in [0, 0.05) is 0 Å². The second-order valence-electron chi connectivity index (χ2n) is 0.346. The summed E-state index contributed by atoms with van der Waals surface area (Å²) in [6.45, 7) is 0.